The molecule has 1 N–H and O–H groups in total. The van der Waals surface area contributed by atoms with Crippen molar-refractivity contribution in [2.75, 3.05) is 32.8 Å². The lowest BCUT2D eigenvalue weighted by atomic mass is 9.81. The number of carbonyl (C=O) groups excluding carboxylic acids is 1. The van der Waals surface area contributed by atoms with Gasteiger partial charge in [0.15, 0.2) is 0 Å². The van der Waals surface area contributed by atoms with Gasteiger partial charge >= 0.3 is 0 Å². The summed E-state index contributed by atoms with van der Waals surface area (Å²) in [6.45, 7) is 8.52. The van der Waals surface area contributed by atoms with E-state index in [9.17, 15) is 4.79 Å². The molecule has 1 unspecified atom stereocenters. The second-order valence-corrected chi connectivity index (χ2v) is 5.79. The molecule has 0 radical (unpaired) electrons. The number of rotatable bonds is 3. The maximum Gasteiger partial charge on any atom is 0.229 e. The van der Waals surface area contributed by atoms with E-state index in [-0.39, 0.29) is 5.41 Å². The number of hydrogen-bond acceptors (Lipinski definition) is 3. The van der Waals surface area contributed by atoms with Crippen LogP contribution in [0, 0.1) is 5.41 Å². The second-order valence-electron chi connectivity index (χ2n) is 5.79. The van der Waals surface area contributed by atoms with Crippen molar-refractivity contribution in [3.05, 3.63) is 0 Å². The molecule has 1 amide bonds. The Morgan fingerprint density at radius 2 is 2.17 bits per heavy atom. The highest BCUT2D eigenvalue weighted by Crippen LogP contribution is 2.29. The van der Waals surface area contributed by atoms with Gasteiger partial charge in [-0.15, -0.1) is 0 Å². The SMILES string of the molecule is CCOC1CCN(C(=O)C2(C)CCCNC2)CC1. The predicted octanol–water partition coefficient (Wildman–Crippen LogP) is 1.40. The first-order valence-corrected chi connectivity index (χ1v) is 7.27. The van der Waals surface area contributed by atoms with Crippen molar-refractivity contribution in [2.45, 2.75) is 45.6 Å². The molecule has 0 aliphatic carbocycles. The van der Waals surface area contributed by atoms with Gasteiger partial charge in [-0.1, -0.05) is 0 Å². The van der Waals surface area contributed by atoms with Crippen molar-refractivity contribution in [1.82, 2.24) is 10.2 Å². The van der Waals surface area contributed by atoms with E-state index in [2.05, 4.69) is 12.2 Å². The van der Waals surface area contributed by atoms with Gasteiger partial charge in [-0.05, 0) is 46.1 Å². The molecule has 2 rings (SSSR count). The minimum atomic E-state index is -0.184. The minimum absolute atomic E-state index is 0.184. The topological polar surface area (TPSA) is 41.6 Å². The Hall–Kier alpha value is -0.610. The molecule has 104 valence electrons. The van der Waals surface area contributed by atoms with Gasteiger partial charge in [-0.25, -0.2) is 0 Å². The molecule has 2 aliphatic rings. The number of nitrogens with zero attached hydrogens (tertiary/aromatic N) is 1. The molecule has 2 heterocycles. The fourth-order valence-corrected chi connectivity index (χ4v) is 3.08. The van der Waals surface area contributed by atoms with E-state index in [0.717, 1.165) is 58.5 Å². The molecule has 2 aliphatic heterocycles. The number of hydrogen-bond donors (Lipinski definition) is 1. The van der Waals surface area contributed by atoms with Crippen molar-refractivity contribution in [1.29, 1.82) is 0 Å². The van der Waals surface area contributed by atoms with Crippen molar-refractivity contribution >= 4 is 5.91 Å². The molecule has 0 aromatic rings. The molecule has 0 bridgehead atoms. The number of ether oxygens (including phenoxy) is 1. The summed E-state index contributed by atoms with van der Waals surface area (Å²) >= 11 is 0. The summed E-state index contributed by atoms with van der Waals surface area (Å²) in [5.74, 6) is 0.338. The number of amides is 1. The Labute approximate surface area is 110 Å². The zero-order valence-electron chi connectivity index (χ0n) is 11.7. The van der Waals surface area contributed by atoms with Crippen molar-refractivity contribution in [2.24, 2.45) is 5.41 Å². The molecule has 18 heavy (non-hydrogen) atoms. The monoisotopic (exact) mass is 254 g/mol. The molecule has 0 aromatic heterocycles. The normalized spacial score (nSPS) is 30.4. The van der Waals surface area contributed by atoms with Gasteiger partial charge in [0, 0.05) is 26.2 Å². The number of nitrogens with one attached hydrogen (secondary N) is 1. The van der Waals surface area contributed by atoms with Gasteiger partial charge in [-0.3, -0.25) is 4.79 Å². The van der Waals surface area contributed by atoms with Gasteiger partial charge in [0.2, 0.25) is 5.91 Å². The largest absolute Gasteiger partial charge is 0.378 e. The van der Waals surface area contributed by atoms with E-state index in [0.29, 0.717) is 12.0 Å². The first-order chi connectivity index (χ1) is 8.65. The molecule has 2 saturated heterocycles. The minimum Gasteiger partial charge on any atom is -0.378 e. The Balaban J connectivity index is 1.86. The first-order valence-electron chi connectivity index (χ1n) is 7.27. The Kier molecular flexibility index (Phi) is 4.62. The Morgan fingerprint density at radius 1 is 1.44 bits per heavy atom. The third-order valence-electron chi connectivity index (χ3n) is 4.25. The van der Waals surface area contributed by atoms with E-state index in [1.165, 1.54) is 0 Å². The van der Waals surface area contributed by atoms with Crippen LogP contribution in [-0.4, -0.2) is 49.7 Å². The molecular weight excluding hydrogens is 228 g/mol. The predicted molar refractivity (Wildman–Crippen MR) is 71.4 cm³/mol. The lowest BCUT2D eigenvalue weighted by Gasteiger charge is -2.40. The zero-order chi connectivity index (χ0) is 13.0. The van der Waals surface area contributed by atoms with Gasteiger partial charge in [0.1, 0.15) is 0 Å². The summed E-state index contributed by atoms with van der Waals surface area (Å²) in [6, 6.07) is 0. The summed E-state index contributed by atoms with van der Waals surface area (Å²) in [6.07, 6.45) is 4.46. The fourth-order valence-electron chi connectivity index (χ4n) is 3.08. The van der Waals surface area contributed by atoms with Crippen LogP contribution in [-0.2, 0) is 9.53 Å². The maximum atomic E-state index is 12.6. The molecule has 2 fully saturated rings. The average Bonchev–Trinajstić information content (AvgIpc) is 2.40. The lowest BCUT2D eigenvalue weighted by Crippen LogP contribution is -2.52. The highest BCUT2D eigenvalue weighted by atomic mass is 16.5. The van der Waals surface area contributed by atoms with Crippen LogP contribution >= 0.6 is 0 Å². The lowest BCUT2D eigenvalue weighted by molar-refractivity contribution is -0.144. The summed E-state index contributed by atoms with van der Waals surface area (Å²) in [5.41, 5.74) is -0.184. The molecule has 4 heteroatoms. The van der Waals surface area contributed by atoms with Crippen LogP contribution in [0.25, 0.3) is 0 Å². The fraction of sp³-hybridized carbons (Fsp3) is 0.929. The maximum absolute atomic E-state index is 12.6. The molecular formula is C14H26N2O2. The molecule has 0 aromatic carbocycles. The van der Waals surface area contributed by atoms with E-state index in [1.807, 2.05) is 11.8 Å². The summed E-state index contributed by atoms with van der Waals surface area (Å²) in [4.78, 5) is 14.6. The zero-order valence-corrected chi connectivity index (χ0v) is 11.7. The van der Waals surface area contributed by atoms with Crippen molar-refractivity contribution in [3.8, 4) is 0 Å². The third kappa shape index (κ3) is 3.04. The highest BCUT2D eigenvalue weighted by molar-refractivity contribution is 5.82. The summed E-state index contributed by atoms with van der Waals surface area (Å²) in [5, 5.41) is 3.35. The molecule has 4 nitrogen and oxygen atoms in total. The standard InChI is InChI=1S/C14H26N2O2/c1-3-18-12-5-9-16(10-6-12)13(17)14(2)7-4-8-15-11-14/h12,15H,3-11H2,1-2H3. The average molecular weight is 254 g/mol. The summed E-state index contributed by atoms with van der Waals surface area (Å²) in [7, 11) is 0. The van der Waals surface area contributed by atoms with Gasteiger partial charge in [0.25, 0.3) is 0 Å². The quantitative estimate of drug-likeness (QED) is 0.828. The third-order valence-corrected chi connectivity index (χ3v) is 4.25. The van der Waals surface area contributed by atoms with Crippen LogP contribution in [0.2, 0.25) is 0 Å². The Bertz CT molecular complexity index is 280. The smallest absolute Gasteiger partial charge is 0.229 e. The first kappa shape index (κ1) is 13.8. The summed E-state index contributed by atoms with van der Waals surface area (Å²) < 4.78 is 5.63. The van der Waals surface area contributed by atoms with Crippen LogP contribution in [0.4, 0.5) is 0 Å². The van der Waals surface area contributed by atoms with E-state index < -0.39 is 0 Å². The van der Waals surface area contributed by atoms with Crippen molar-refractivity contribution in [3.63, 3.8) is 0 Å². The van der Waals surface area contributed by atoms with Crippen LogP contribution < -0.4 is 5.32 Å². The molecule has 1 atom stereocenters. The molecule has 0 spiro atoms. The molecule has 0 saturated carbocycles. The van der Waals surface area contributed by atoms with E-state index >= 15 is 0 Å². The number of piperidine rings is 2. The van der Waals surface area contributed by atoms with Crippen LogP contribution in [0.15, 0.2) is 0 Å². The van der Waals surface area contributed by atoms with Crippen LogP contribution in [0.5, 0.6) is 0 Å². The van der Waals surface area contributed by atoms with E-state index in [1.54, 1.807) is 0 Å². The highest BCUT2D eigenvalue weighted by Gasteiger charge is 2.38. The van der Waals surface area contributed by atoms with Crippen LogP contribution in [0.3, 0.4) is 0 Å². The van der Waals surface area contributed by atoms with Gasteiger partial charge < -0.3 is 15.0 Å². The van der Waals surface area contributed by atoms with E-state index in [4.69, 9.17) is 4.74 Å². The Morgan fingerprint density at radius 3 is 2.72 bits per heavy atom. The van der Waals surface area contributed by atoms with Gasteiger partial charge in [0.05, 0.1) is 11.5 Å². The van der Waals surface area contributed by atoms with Crippen LogP contribution in [0.1, 0.15) is 39.5 Å². The van der Waals surface area contributed by atoms with Gasteiger partial charge in [-0.2, -0.15) is 0 Å². The number of likely N-dealkylation sites (tertiary alicyclic amines) is 1. The second kappa shape index (κ2) is 6.02. The van der Waals surface area contributed by atoms with Crippen molar-refractivity contribution < 1.29 is 9.53 Å². The number of carbonyl (C=O) groups is 1.